The summed E-state index contributed by atoms with van der Waals surface area (Å²) in [5, 5.41) is 13.4. The zero-order valence-electron chi connectivity index (χ0n) is 14.1. The van der Waals surface area contributed by atoms with Crippen LogP contribution in [-0.2, 0) is 4.79 Å². The molecule has 5 heteroatoms. The molecule has 0 radical (unpaired) electrons. The quantitative estimate of drug-likeness (QED) is 0.632. The first-order valence-corrected chi connectivity index (χ1v) is 7.80. The van der Waals surface area contributed by atoms with Gasteiger partial charge in [-0.15, -0.1) is 0 Å². The lowest BCUT2D eigenvalue weighted by Gasteiger charge is -2.12. The molecule has 0 unspecified atom stereocenters. The second kappa shape index (κ2) is 8.15. The Kier molecular flexibility index (Phi) is 5.95. The predicted octanol–water partition coefficient (Wildman–Crippen LogP) is 3.35. The molecule has 2 rings (SSSR count). The average molecular weight is 326 g/mol. The van der Waals surface area contributed by atoms with Crippen molar-refractivity contribution >= 4 is 12.1 Å². The Morgan fingerprint density at radius 3 is 2.75 bits per heavy atom. The molecule has 2 aromatic rings. The molecular weight excluding hydrogens is 304 g/mol. The van der Waals surface area contributed by atoms with Gasteiger partial charge in [0.2, 0.25) is 0 Å². The van der Waals surface area contributed by atoms with Crippen LogP contribution in [-0.4, -0.2) is 23.8 Å². The van der Waals surface area contributed by atoms with Crippen LogP contribution in [0, 0.1) is 6.92 Å². The molecule has 0 aliphatic rings. The number of carbonyl (C=O) groups excluding carboxylic acids is 1. The van der Waals surface area contributed by atoms with Crippen molar-refractivity contribution in [1.82, 2.24) is 5.43 Å². The lowest BCUT2D eigenvalue weighted by molar-refractivity contribution is -0.123. The van der Waals surface area contributed by atoms with Crippen LogP contribution in [0.15, 0.2) is 47.6 Å². The number of rotatable bonds is 6. The van der Waals surface area contributed by atoms with E-state index in [1.165, 1.54) is 6.21 Å². The molecule has 0 atom stereocenters. The van der Waals surface area contributed by atoms with Gasteiger partial charge in [-0.05, 0) is 42.2 Å². The van der Waals surface area contributed by atoms with Gasteiger partial charge < -0.3 is 9.84 Å². The first-order chi connectivity index (χ1) is 11.5. The van der Waals surface area contributed by atoms with Gasteiger partial charge in [-0.25, -0.2) is 5.43 Å². The van der Waals surface area contributed by atoms with Gasteiger partial charge in [0.25, 0.3) is 5.91 Å². The summed E-state index contributed by atoms with van der Waals surface area (Å²) in [7, 11) is 0. The Balaban J connectivity index is 1.90. The molecule has 0 spiro atoms. The van der Waals surface area contributed by atoms with Crippen molar-refractivity contribution in [2.24, 2.45) is 5.10 Å². The van der Waals surface area contributed by atoms with Crippen LogP contribution in [0.25, 0.3) is 0 Å². The maximum atomic E-state index is 11.8. The Bertz CT molecular complexity index is 739. The Hall–Kier alpha value is -2.82. The van der Waals surface area contributed by atoms with Gasteiger partial charge in [-0.1, -0.05) is 38.1 Å². The highest BCUT2D eigenvalue weighted by Gasteiger charge is 2.07. The summed E-state index contributed by atoms with van der Waals surface area (Å²) in [5.41, 5.74) is 5.04. The van der Waals surface area contributed by atoms with Gasteiger partial charge in [0.1, 0.15) is 11.5 Å². The average Bonchev–Trinajstić information content (AvgIpc) is 2.55. The fourth-order valence-corrected chi connectivity index (χ4v) is 2.08. The molecule has 1 amide bonds. The minimum absolute atomic E-state index is 0.105. The monoisotopic (exact) mass is 326 g/mol. The number of hydrogen-bond donors (Lipinski definition) is 2. The van der Waals surface area contributed by atoms with Gasteiger partial charge in [0.15, 0.2) is 6.61 Å². The fourth-order valence-electron chi connectivity index (χ4n) is 2.08. The summed E-state index contributed by atoms with van der Waals surface area (Å²) < 4.78 is 5.58. The molecule has 0 bridgehead atoms. The summed E-state index contributed by atoms with van der Waals surface area (Å²) in [4.78, 5) is 11.8. The summed E-state index contributed by atoms with van der Waals surface area (Å²) in [6, 6.07) is 12.7. The third-order valence-corrected chi connectivity index (χ3v) is 3.57. The van der Waals surface area contributed by atoms with Crippen LogP contribution >= 0.6 is 0 Å². The van der Waals surface area contributed by atoms with Gasteiger partial charge in [-0.3, -0.25) is 4.79 Å². The smallest absolute Gasteiger partial charge is 0.277 e. The predicted molar refractivity (Wildman–Crippen MR) is 94.6 cm³/mol. The van der Waals surface area contributed by atoms with Crippen LogP contribution < -0.4 is 10.2 Å². The summed E-state index contributed by atoms with van der Waals surface area (Å²) in [6.07, 6.45) is 1.39. The van der Waals surface area contributed by atoms with Gasteiger partial charge in [0, 0.05) is 5.56 Å². The number of para-hydroxylation sites is 1. The van der Waals surface area contributed by atoms with E-state index in [0.717, 1.165) is 11.1 Å². The first kappa shape index (κ1) is 17.5. The number of hydrazone groups is 1. The van der Waals surface area contributed by atoms with E-state index in [-0.39, 0.29) is 18.3 Å². The minimum Gasteiger partial charge on any atom is -0.507 e. The number of nitrogens with one attached hydrogen (secondary N) is 1. The van der Waals surface area contributed by atoms with E-state index in [2.05, 4.69) is 30.4 Å². The van der Waals surface area contributed by atoms with Crippen molar-refractivity contribution in [3.05, 3.63) is 59.2 Å². The van der Waals surface area contributed by atoms with Crippen LogP contribution in [0.1, 0.15) is 36.5 Å². The topological polar surface area (TPSA) is 70.9 Å². The first-order valence-electron chi connectivity index (χ1n) is 7.80. The number of aryl methyl sites for hydroxylation is 1. The van der Waals surface area contributed by atoms with E-state index in [9.17, 15) is 9.90 Å². The van der Waals surface area contributed by atoms with Crippen LogP contribution in [0.5, 0.6) is 11.5 Å². The van der Waals surface area contributed by atoms with Crippen LogP contribution in [0.2, 0.25) is 0 Å². The van der Waals surface area contributed by atoms with Gasteiger partial charge >= 0.3 is 0 Å². The van der Waals surface area contributed by atoms with Crippen molar-refractivity contribution < 1.29 is 14.6 Å². The van der Waals surface area contributed by atoms with Gasteiger partial charge in [-0.2, -0.15) is 5.10 Å². The highest BCUT2D eigenvalue weighted by atomic mass is 16.5. The maximum Gasteiger partial charge on any atom is 0.277 e. The molecule has 2 N–H and O–H groups in total. The standard InChI is InChI=1S/C19H22N2O3/c1-13(2)15-9-8-14(3)18(10-15)24-12-19(23)21-20-11-16-6-4-5-7-17(16)22/h4-11,13,22H,12H2,1-3H3,(H,21,23). The number of nitrogens with zero attached hydrogens (tertiary/aromatic N) is 1. The molecule has 126 valence electrons. The van der Waals surface area contributed by atoms with Crippen LogP contribution in [0.3, 0.4) is 0 Å². The van der Waals surface area contributed by atoms with E-state index in [4.69, 9.17) is 4.74 Å². The molecule has 5 nitrogen and oxygen atoms in total. The Morgan fingerprint density at radius 2 is 2.04 bits per heavy atom. The number of phenols is 1. The third kappa shape index (κ3) is 4.84. The number of amides is 1. The number of aromatic hydroxyl groups is 1. The Morgan fingerprint density at radius 1 is 1.29 bits per heavy atom. The van der Waals surface area contributed by atoms with Crippen molar-refractivity contribution in [3.63, 3.8) is 0 Å². The SMILES string of the molecule is Cc1ccc(C(C)C)cc1OCC(=O)NN=Cc1ccccc1O. The van der Waals surface area contributed by atoms with Crippen molar-refractivity contribution in [1.29, 1.82) is 0 Å². The van der Waals surface area contributed by atoms with Crippen molar-refractivity contribution in [3.8, 4) is 11.5 Å². The number of ether oxygens (including phenoxy) is 1. The van der Waals surface area contributed by atoms with Crippen LogP contribution in [0.4, 0.5) is 0 Å². The molecule has 2 aromatic carbocycles. The molecular formula is C19H22N2O3. The van der Waals surface area contributed by atoms with Crippen molar-refractivity contribution in [2.75, 3.05) is 6.61 Å². The molecule has 0 saturated carbocycles. The molecule has 0 heterocycles. The largest absolute Gasteiger partial charge is 0.507 e. The Labute approximate surface area is 142 Å². The van der Waals surface area contributed by atoms with E-state index >= 15 is 0 Å². The summed E-state index contributed by atoms with van der Waals surface area (Å²) >= 11 is 0. The lowest BCUT2D eigenvalue weighted by atomic mass is 10.0. The number of hydrogen-bond acceptors (Lipinski definition) is 4. The zero-order valence-corrected chi connectivity index (χ0v) is 14.1. The molecule has 24 heavy (non-hydrogen) atoms. The third-order valence-electron chi connectivity index (χ3n) is 3.57. The van der Waals surface area contributed by atoms with E-state index < -0.39 is 0 Å². The maximum absolute atomic E-state index is 11.8. The van der Waals surface area contributed by atoms with Crippen molar-refractivity contribution in [2.45, 2.75) is 26.7 Å². The minimum atomic E-state index is -0.365. The number of carbonyl (C=O) groups is 1. The second-order valence-corrected chi connectivity index (χ2v) is 5.82. The molecule has 0 fully saturated rings. The highest BCUT2D eigenvalue weighted by molar-refractivity contribution is 5.85. The molecule has 0 aliphatic heterocycles. The molecule has 0 aromatic heterocycles. The van der Waals surface area contributed by atoms with E-state index in [1.807, 2.05) is 19.1 Å². The fraction of sp³-hybridized carbons (Fsp3) is 0.263. The number of benzene rings is 2. The van der Waals surface area contributed by atoms with E-state index in [0.29, 0.717) is 17.2 Å². The lowest BCUT2D eigenvalue weighted by Crippen LogP contribution is -2.24. The zero-order chi connectivity index (χ0) is 17.5. The normalized spacial score (nSPS) is 11.0. The van der Waals surface area contributed by atoms with E-state index in [1.54, 1.807) is 24.3 Å². The van der Waals surface area contributed by atoms with Gasteiger partial charge in [0.05, 0.1) is 6.21 Å². The number of phenolic OH excluding ortho intramolecular Hbond substituents is 1. The molecule has 0 aliphatic carbocycles. The second-order valence-electron chi connectivity index (χ2n) is 5.82. The summed E-state index contributed by atoms with van der Waals surface area (Å²) in [5.74, 6) is 0.829. The highest BCUT2D eigenvalue weighted by Crippen LogP contribution is 2.24. The molecule has 0 saturated heterocycles. The summed E-state index contributed by atoms with van der Waals surface area (Å²) in [6.45, 7) is 6.03.